The molecule has 0 saturated heterocycles. The maximum atomic E-state index is 11.9. The topological polar surface area (TPSA) is 583 Å². The Kier molecular flexibility index (Phi) is 24.9. The number of carbonyl (C=O) groups is 8. The monoisotopic (exact) mass is 1140 g/mol. The molecule has 73 heavy (non-hydrogen) atoms. The minimum Gasteiger partial charge on any atom is -0.465 e. The molecular formula is C33H46BIN26O12+. The van der Waals surface area contributed by atoms with Gasteiger partial charge in [0.15, 0.2) is 34.2 Å². The van der Waals surface area contributed by atoms with Gasteiger partial charge in [-0.25, -0.2) is 47.7 Å². The maximum Gasteiger partial charge on any atom is 0.495 e. The van der Waals surface area contributed by atoms with Crippen LogP contribution in [0.2, 0.25) is 0 Å². The number of hydrogen-bond acceptors (Lipinski definition) is 24. The van der Waals surface area contributed by atoms with Crippen molar-refractivity contribution in [2.24, 2.45) is 35.7 Å². The highest BCUT2D eigenvalue weighted by atomic mass is 127. The number of anilines is 2. The van der Waals surface area contributed by atoms with Crippen molar-refractivity contribution in [1.82, 2.24) is 83.6 Å². The number of carbonyl (C=O) groups excluding carboxylic acids is 8. The summed E-state index contributed by atoms with van der Waals surface area (Å²) >= 11 is 0. The van der Waals surface area contributed by atoms with Gasteiger partial charge in [-0.1, -0.05) is 17.9 Å². The zero-order valence-corrected chi connectivity index (χ0v) is 39.6. The first-order valence-corrected chi connectivity index (χ1v) is 18.8. The molecule has 38 nitrogen and oxygen atoms in total. The SMILES string of the molecule is C.CCOC(=O)CNC(=O)n1cnc(C(N)=O)c1N.CCOC(=O)Cn1nnc2c(C(N)=O)ncn2c1=O.Cn1nnc2c(C(N)=O)ncn2c1=O.I.N#[N+]c1nc[nH]c1C(N)=O.NC(=O)c1[nH]cnc1N.[2HH].[B]. The molecule has 0 aliphatic carbocycles. The Bertz CT molecular complexity index is 3260. The molecule has 7 aromatic rings. The molecule has 0 unspecified atom stereocenters. The number of nitrogens with two attached hydrogens (primary N) is 7. The van der Waals surface area contributed by atoms with Crippen LogP contribution >= 0.6 is 24.0 Å². The number of imidazole rings is 5. The second kappa shape index (κ2) is 28.9. The summed E-state index contributed by atoms with van der Waals surface area (Å²) in [6.07, 6.45) is 5.85. The standard InChI is InChI=1S/C9H10N6O4.C9H13N5O4.C6H6N6O2.C4H3N5O.C4H6N4O.CH4.B.HI.H2/c1-2-19-5(16)3-15-9(18)14-4-11-6(7(10)17)8(14)12-13-15;1-2-18-5(15)3-12-9(17)14-4-13-6(7(14)10)8(11)16;1-11-6(14)12-2-8-3(4(7)13)5(12)9-10-11;5-3(10)2-4(9-6)8-1-7-2;5-3-2(4(6)9)7-1-8-3;;;;/h4H,2-3H2,1H3,(H2,10,17);4H,2-3,10H2,1H3,(H2,11,16)(H,12,17);2H,1H3,(H2,7,13);1H,(H2-,5,7,8,10);1H,5H2,(H2,6,9)(H,7,8);1H4;;2*1H/p+1/i;;;;;;;;1+1. The average molecular weight is 1140 g/mol. The summed E-state index contributed by atoms with van der Waals surface area (Å²) in [6, 6.07) is -0.708. The normalized spacial score (nSPS) is 9.56. The van der Waals surface area contributed by atoms with Crippen molar-refractivity contribution in [2.45, 2.75) is 27.8 Å². The summed E-state index contributed by atoms with van der Waals surface area (Å²) in [5.41, 5.74) is 34.1. The molecule has 3 radical (unpaired) electrons. The average Bonchev–Trinajstić information content (AvgIpc) is 4.16. The van der Waals surface area contributed by atoms with Crippen LogP contribution in [0.5, 0.6) is 0 Å². The van der Waals surface area contributed by atoms with E-state index in [9.17, 15) is 47.9 Å². The summed E-state index contributed by atoms with van der Waals surface area (Å²) in [7, 11) is 1.44. The third-order valence-corrected chi connectivity index (χ3v) is 7.79. The zero-order valence-electron chi connectivity index (χ0n) is 37.3. The number of fused-ring (bicyclic) bond motifs is 2. The highest BCUT2D eigenvalue weighted by molar-refractivity contribution is 14.0. The molecule has 17 N–H and O–H groups in total. The number of halogens is 1. The number of esters is 2. The Morgan fingerprint density at radius 3 is 1.62 bits per heavy atom. The van der Waals surface area contributed by atoms with Gasteiger partial charge in [-0.3, -0.25) is 33.6 Å². The number of nitrogens with zero attached hydrogens (tertiary/aromatic N) is 16. The number of H-pyrrole nitrogens is 2. The van der Waals surface area contributed by atoms with E-state index in [4.69, 9.17) is 50.3 Å². The fourth-order valence-electron chi connectivity index (χ4n) is 4.69. The van der Waals surface area contributed by atoms with Gasteiger partial charge >= 0.3 is 35.2 Å². The first-order chi connectivity index (χ1) is 33.1. The van der Waals surface area contributed by atoms with E-state index in [0.29, 0.717) is 0 Å². The van der Waals surface area contributed by atoms with Crippen molar-refractivity contribution >= 4 is 109 Å². The number of aryl methyl sites for hydroxylation is 1. The van der Waals surface area contributed by atoms with E-state index in [1.807, 2.05) is 0 Å². The van der Waals surface area contributed by atoms with Gasteiger partial charge in [0.1, 0.15) is 43.6 Å². The molecule has 7 aromatic heterocycles. The van der Waals surface area contributed by atoms with Crippen molar-refractivity contribution < 1.29 is 49.3 Å². The number of aromatic amines is 2. The summed E-state index contributed by atoms with van der Waals surface area (Å²) in [5.74, 6) is -5.04. The third kappa shape index (κ3) is 16.5. The Balaban J connectivity index is 0. The van der Waals surface area contributed by atoms with Gasteiger partial charge in [0, 0.05) is 21.9 Å². The predicted octanol–water partition coefficient (Wildman–Crippen LogP) is -5.24. The van der Waals surface area contributed by atoms with Gasteiger partial charge in [0.25, 0.3) is 29.5 Å². The summed E-state index contributed by atoms with van der Waals surface area (Å²) in [4.78, 5) is 136. The smallest absolute Gasteiger partial charge is 0.465 e. The first-order valence-electron chi connectivity index (χ1n) is 18.8. The van der Waals surface area contributed by atoms with E-state index in [1.165, 1.54) is 26.0 Å². The number of ether oxygens (including phenoxy) is 2. The van der Waals surface area contributed by atoms with Crippen LogP contribution in [0.1, 0.15) is 75.1 Å². The predicted molar refractivity (Wildman–Crippen MR) is 259 cm³/mol. The van der Waals surface area contributed by atoms with Gasteiger partial charge in [-0.15, -0.1) is 34.2 Å². The van der Waals surface area contributed by atoms with E-state index in [2.05, 4.69) is 70.5 Å². The number of nitrogen functional groups attached to an aromatic ring is 2. The number of hydrogen-bond donors (Lipinski definition) is 10. The number of primary amides is 5. The molecule has 389 valence electrons. The lowest BCUT2D eigenvalue weighted by Gasteiger charge is -2.06. The van der Waals surface area contributed by atoms with Gasteiger partial charge in [-0.2, -0.15) is 9.36 Å². The van der Waals surface area contributed by atoms with E-state index < -0.39 is 58.9 Å². The molecule has 6 amide bonds. The van der Waals surface area contributed by atoms with Crippen LogP contribution in [-0.2, 0) is 32.7 Å². The number of amides is 6. The first kappa shape index (κ1) is 62.8. The minimum atomic E-state index is -0.843. The van der Waals surface area contributed by atoms with E-state index in [1.54, 1.807) is 13.8 Å². The molecule has 0 aliphatic heterocycles. The lowest BCUT2D eigenvalue weighted by atomic mass is 10.4. The summed E-state index contributed by atoms with van der Waals surface area (Å²) < 4.78 is 14.1. The maximum absolute atomic E-state index is 11.9. The lowest BCUT2D eigenvalue weighted by molar-refractivity contribution is -0.144. The molecule has 0 spiro atoms. The summed E-state index contributed by atoms with van der Waals surface area (Å²) in [6.45, 7) is 3.01. The number of nitrogens with one attached hydrogen (secondary N) is 3. The molecule has 7 rings (SSSR count). The Hall–Kier alpha value is -10.2. The van der Waals surface area contributed by atoms with E-state index in [-0.39, 0.29) is 125 Å². The second-order valence-electron chi connectivity index (χ2n) is 12.4. The summed E-state index contributed by atoms with van der Waals surface area (Å²) in [5, 5.41) is 24.8. The highest BCUT2D eigenvalue weighted by Crippen LogP contribution is 2.11. The second-order valence-corrected chi connectivity index (χ2v) is 12.4. The number of rotatable bonds is 11. The van der Waals surface area contributed by atoms with Crippen LogP contribution in [0.15, 0.2) is 41.2 Å². The molecule has 0 bridgehead atoms. The van der Waals surface area contributed by atoms with Crippen LogP contribution in [0.25, 0.3) is 16.3 Å². The third-order valence-electron chi connectivity index (χ3n) is 7.79. The molecule has 0 aliphatic rings. The van der Waals surface area contributed by atoms with Crippen LogP contribution in [0.4, 0.5) is 22.2 Å². The van der Waals surface area contributed by atoms with Crippen molar-refractivity contribution in [3.63, 3.8) is 0 Å². The van der Waals surface area contributed by atoms with Crippen molar-refractivity contribution in [2.75, 3.05) is 31.2 Å². The fraction of sp³-hybridized carbons (Fsp3) is 0.242. The lowest BCUT2D eigenvalue weighted by Crippen LogP contribution is -2.34. The Morgan fingerprint density at radius 2 is 1.18 bits per heavy atom. The molecule has 7 heterocycles. The van der Waals surface area contributed by atoms with Crippen molar-refractivity contribution in [3.8, 4) is 0 Å². The highest BCUT2D eigenvalue weighted by Gasteiger charge is 2.21. The molecule has 40 heteroatoms. The molecule has 0 aromatic carbocycles. The van der Waals surface area contributed by atoms with Crippen molar-refractivity contribution in [3.05, 3.63) is 86.1 Å². The van der Waals surface area contributed by atoms with Gasteiger partial charge in [-0.05, 0) is 18.8 Å². The van der Waals surface area contributed by atoms with E-state index in [0.717, 1.165) is 35.4 Å². The van der Waals surface area contributed by atoms with Crippen LogP contribution in [0.3, 0.4) is 0 Å². The minimum absolute atomic E-state index is 0. The molecular weight excluding hydrogens is 1090 g/mol. The van der Waals surface area contributed by atoms with Crippen LogP contribution in [-0.4, -0.2) is 154 Å². The molecule has 0 saturated carbocycles. The van der Waals surface area contributed by atoms with Gasteiger partial charge in [0.2, 0.25) is 12.0 Å². The zero-order chi connectivity index (χ0) is 52.4. The fourth-order valence-corrected chi connectivity index (χ4v) is 4.69. The Morgan fingerprint density at radius 1 is 0.699 bits per heavy atom. The molecule has 0 atom stereocenters. The van der Waals surface area contributed by atoms with Crippen LogP contribution in [0, 0.1) is 5.39 Å². The van der Waals surface area contributed by atoms with E-state index >= 15 is 0 Å². The molecule has 0 fully saturated rings. The van der Waals surface area contributed by atoms with Crippen molar-refractivity contribution in [1.29, 1.82) is 5.39 Å². The largest absolute Gasteiger partial charge is 0.495 e. The van der Waals surface area contributed by atoms with Gasteiger partial charge in [0.05, 0.1) is 24.9 Å². The van der Waals surface area contributed by atoms with Gasteiger partial charge < -0.3 is 64.9 Å². The number of diazo groups is 1. The Labute approximate surface area is 426 Å². The number of aromatic nitrogens is 16. The quantitative estimate of drug-likeness (QED) is 0.0250. The van der Waals surface area contributed by atoms with Crippen LogP contribution < -0.4 is 56.8 Å².